The Kier molecular flexibility index (Phi) is 5.58. The van der Waals surface area contributed by atoms with E-state index in [0.29, 0.717) is 12.5 Å². The third-order valence-corrected chi connectivity index (χ3v) is 4.34. The van der Waals surface area contributed by atoms with Crippen LogP contribution < -0.4 is 5.32 Å². The number of carbonyl (C=O) groups excluding carboxylic acids is 1. The summed E-state index contributed by atoms with van der Waals surface area (Å²) in [5.41, 5.74) is 0.243. The van der Waals surface area contributed by atoms with Crippen molar-refractivity contribution >= 4 is 6.09 Å². The standard InChI is InChI=1S/C18H32N4O2/c1-17(2,3)24-16(23)20-18(4,5)10-15-11-19-13-22(15)12-14-8-7-9-21(14)6/h11,13-14H,7-10,12H2,1-6H3,(H,20,23). The van der Waals surface area contributed by atoms with Crippen molar-refractivity contribution in [2.75, 3.05) is 13.6 Å². The lowest BCUT2D eigenvalue weighted by molar-refractivity contribution is 0.0471. The summed E-state index contributed by atoms with van der Waals surface area (Å²) in [6.45, 7) is 11.7. The van der Waals surface area contributed by atoms with Crippen LogP contribution in [0.25, 0.3) is 0 Å². The second-order valence-corrected chi connectivity index (χ2v) is 8.50. The Labute approximate surface area is 145 Å². The van der Waals surface area contributed by atoms with E-state index in [2.05, 4.69) is 26.8 Å². The van der Waals surface area contributed by atoms with Crippen molar-refractivity contribution in [1.29, 1.82) is 0 Å². The fraction of sp³-hybridized carbons (Fsp3) is 0.778. The molecule has 1 aromatic rings. The fourth-order valence-corrected chi connectivity index (χ4v) is 3.17. The molecule has 136 valence electrons. The Balaban J connectivity index is 1.97. The number of aromatic nitrogens is 2. The molecule has 6 nitrogen and oxygen atoms in total. The van der Waals surface area contributed by atoms with E-state index in [1.54, 1.807) is 0 Å². The molecule has 0 spiro atoms. The third kappa shape index (κ3) is 5.51. The molecule has 1 N–H and O–H groups in total. The lowest BCUT2D eigenvalue weighted by Crippen LogP contribution is -2.47. The normalized spacial score (nSPS) is 19.5. The van der Waals surface area contributed by atoms with Crippen molar-refractivity contribution < 1.29 is 9.53 Å². The van der Waals surface area contributed by atoms with Crippen molar-refractivity contribution in [2.45, 2.75) is 77.6 Å². The highest BCUT2D eigenvalue weighted by Gasteiger charge is 2.27. The minimum atomic E-state index is -0.491. The van der Waals surface area contributed by atoms with Gasteiger partial charge in [-0.3, -0.25) is 0 Å². The predicted octanol–water partition coefficient (Wildman–Crippen LogP) is 2.82. The number of carbonyl (C=O) groups is 1. The SMILES string of the molecule is CN1CCCC1Cn1cncc1CC(C)(C)NC(=O)OC(C)(C)C. The third-order valence-electron chi connectivity index (χ3n) is 4.34. The van der Waals surface area contributed by atoms with Crippen LogP contribution in [0.15, 0.2) is 12.5 Å². The van der Waals surface area contributed by atoms with E-state index < -0.39 is 11.1 Å². The summed E-state index contributed by atoms with van der Waals surface area (Å²) >= 11 is 0. The molecule has 1 amide bonds. The molecular formula is C18H32N4O2. The van der Waals surface area contributed by atoms with Gasteiger partial charge in [0.25, 0.3) is 0 Å². The molecule has 0 aromatic carbocycles. The molecule has 1 fully saturated rings. The number of ether oxygens (including phenoxy) is 1. The Morgan fingerprint density at radius 1 is 1.38 bits per heavy atom. The van der Waals surface area contributed by atoms with Crippen LogP contribution in [0.2, 0.25) is 0 Å². The highest BCUT2D eigenvalue weighted by Crippen LogP contribution is 2.19. The summed E-state index contributed by atoms with van der Waals surface area (Å²) in [4.78, 5) is 18.8. The van der Waals surface area contributed by atoms with Gasteiger partial charge in [0.1, 0.15) is 5.60 Å². The van der Waals surface area contributed by atoms with Crippen LogP contribution in [0.5, 0.6) is 0 Å². The number of nitrogens with one attached hydrogen (secondary N) is 1. The molecule has 2 heterocycles. The lowest BCUT2D eigenvalue weighted by Gasteiger charge is -2.29. The summed E-state index contributed by atoms with van der Waals surface area (Å²) in [5, 5.41) is 2.97. The van der Waals surface area contributed by atoms with E-state index in [-0.39, 0.29) is 6.09 Å². The molecule has 0 aliphatic carbocycles. The molecule has 1 aromatic heterocycles. The van der Waals surface area contributed by atoms with Crippen LogP contribution in [0.3, 0.4) is 0 Å². The van der Waals surface area contributed by atoms with Crippen LogP contribution in [-0.4, -0.2) is 51.3 Å². The summed E-state index contributed by atoms with van der Waals surface area (Å²) < 4.78 is 7.58. The molecule has 2 rings (SSSR count). The number of hydrogen-bond donors (Lipinski definition) is 1. The van der Waals surface area contributed by atoms with Crippen molar-refractivity contribution in [3.63, 3.8) is 0 Å². The number of alkyl carbamates (subject to hydrolysis) is 1. The van der Waals surface area contributed by atoms with E-state index in [0.717, 1.165) is 12.2 Å². The van der Waals surface area contributed by atoms with Crippen molar-refractivity contribution in [1.82, 2.24) is 19.8 Å². The number of likely N-dealkylation sites (N-methyl/N-ethyl adjacent to an activating group) is 1. The molecule has 6 heteroatoms. The smallest absolute Gasteiger partial charge is 0.408 e. The second-order valence-electron chi connectivity index (χ2n) is 8.50. The molecule has 1 aliphatic heterocycles. The molecule has 1 aliphatic rings. The van der Waals surface area contributed by atoms with E-state index in [4.69, 9.17) is 4.74 Å². The van der Waals surface area contributed by atoms with Crippen molar-refractivity contribution in [3.05, 3.63) is 18.2 Å². The highest BCUT2D eigenvalue weighted by atomic mass is 16.6. The minimum Gasteiger partial charge on any atom is -0.444 e. The second kappa shape index (κ2) is 7.13. The summed E-state index contributed by atoms with van der Waals surface area (Å²) in [6.07, 6.45) is 6.61. The molecule has 0 radical (unpaired) electrons. The first-order valence-corrected chi connectivity index (χ1v) is 8.76. The maximum Gasteiger partial charge on any atom is 0.408 e. The predicted molar refractivity (Wildman–Crippen MR) is 95.0 cm³/mol. The number of rotatable bonds is 5. The first-order valence-electron chi connectivity index (χ1n) is 8.76. The van der Waals surface area contributed by atoms with Crippen LogP contribution >= 0.6 is 0 Å². The van der Waals surface area contributed by atoms with Gasteiger partial charge in [0, 0.05) is 36.4 Å². The number of amides is 1. The van der Waals surface area contributed by atoms with Crippen LogP contribution in [-0.2, 0) is 17.7 Å². The highest BCUT2D eigenvalue weighted by molar-refractivity contribution is 5.68. The molecule has 1 atom stereocenters. The Morgan fingerprint density at radius 3 is 2.67 bits per heavy atom. The Hall–Kier alpha value is -1.56. The Bertz CT molecular complexity index is 560. The summed E-state index contributed by atoms with van der Waals surface area (Å²) in [6, 6.07) is 0.569. The van der Waals surface area contributed by atoms with Gasteiger partial charge in [-0.15, -0.1) is 0 Å². The van der Waals surface area contributed by atoms with Crippen molar-refractivity contribution in [2.24, 2.45) is 0 Å². The average molecular weight is 336 g/mol. The number of hydrogen-bond acceptors (Lipinski definition) is 4. The molecule has 1 unspecified atom stereocenters. The van der Waals surface area contributed by atoms with Crippen molar-refractivity contribution in [3.8, 4) is 0 Å². The van der Waals surface area contributed by atoms with Crippen LogP contribution in [0.4, 0.5) is 4.79 Å². The summed E-state index contributed by atoms with van der Waals surface area (Å²) in [7, 11) is 2.18. The topological polar surface area (TPSA) is 59.4 Å². The zero-order chi connectivity index (χ0) is 18.0. The first kappa shape index (κ1) is 18.8. The number of imidazole rings is 1. The maximum atomic E-state index is 12.0. The van der Waals surface area contributed by atoms with Gasteiger partial charge in [-0.25, -0.2) is 9.78 Å². The van der Waals surface area contributed by atoms with Gasteiger partial charge in [-0.1, -0.05) is 0 Å². The molecule has 1 saturated heterocycles. The zero-order valence-corrected chi connectivity index (χ0v) is 15.9. The largest absolute Gasteiger partial charge is 0.444 e. The number of nitrogens with zero attached hydrogens (tertiary/aromatic N) is 3. The van der Waals surface area contributed by atoms with E-state index in [1.807, 2.05) is 47.1 Å². The van der Waals surface area contributed by atoms with E-state index in [1.165, 1.54) is 19.4 Å². The van der Waals surface area contributed by atoms with Crippen LogP contribution in [0.1, 0.15) is 53.2 Å². The molecule has 0 bridgehead atoms. The van der Waals surface area contributed by atoms with Gasteiger partial charge < -0.3 is 19.5 Å². The van der Waals surface area contributed by atoms with Gasteiger partial charge in [0.15, 0.2) is 0 Å². The summed E-state index contributed by atoms with van der Waals surface area (Å²) in [5.74, 6) is 0. The Morgan fingerprint density at radius 2 is 2.08 bits per heavy atom. The quantitative estimate of drug-likeness (QED) is 0.898. The lowest BCUT2D eigenvalue weighted by atomic mass is 9.99. The van der Waals surface area contributed by atoms with Gasteiger partial charge >= 0.3 is 6.09 Å². The van der Waals surface area contributed by atoms with E-state index >= 15 is 0 Å². The van der Waals surface area contributed by atoms with Gasteiger partial charge in [0.2, 0.25) is 0 Å². The molecular weight excluding hydrogens is 304 g/mol. The van der Waals surface area contributed by atoms with Crippen LogP contribution in [0, 0.1) is 0 Å². The monoisotopic (exact) mass is 336 g/mol. The van der Waals surface area contributed by atoms with Gasteiger partial charge in [-0.05, 0) is 61.1 Å². The zero-order valence-electron chi connectivity index (χ0n) is 15.9. The van der Waals surface area contributed by atoms with E-state index in [9.17, 15) is 4.79 Å². The molecule has 24 heavy (non-hydrogen) atoms. The number of likely N-dealkylation sites (tertiary alicyclic amines) is 1. The minimum absolute atomic E-state index is 0.380. The molecule has 0 saturated carbocycles. The van der Waals surface area contributed by atoms with Gasteiger partial charge in [-0.2, -0.15) is 0 Å². The average Bonchev–Trinajstić information content (AvgIpc) is 2.97. The van der Waals surface area contributed by atoms with Gasteiger partial charge in [0.05, 0.1) is 6.33 Å². The fourth-order valence-electron chi connectivity index (χ4n) is 3.17. The maximum absolute atomic E-state index is 12.0. The first-order chi connectivity index (χ1) is 11.1.